The number of ether oxygens (including phenoxy) is 7. The summed E-state index contributed by atoms with van der Waals surface area (Å²) in [6.07, 6.45) is -13.2. The minimum Gasteiger partial charge on any atom is -0.465 e. The van der Waals surface area contributed by atoms with Gasteiger partial charge in [-0.25, -0.2) is 14.4 Å². The molecule has 2 bridgehead atoms. The van der Waals surface area contributed by atoms with Crippen molar-refractivity contribution in [3.8, 4) is 0 Å². The zero-order valence-corrected chi connectivity index (χ0v) is 37.6. The first-order valence-corrected chi connectivity index (χ1v) is 21.7. The van der Waals surface area contributed by atoms with Crippen LogP contribution in [0.2, 0.25) is 0 Å². The van der Waals surface area contributed by atoms with E-state index in [-0.39, 0.29) is 62.1 Å². The lowest BCUT2D eigenvalue weighted by molar-refractivity contribution is -0.279. The third kappa shape index (κ3) is 10.0. The number of hydrogen-bond acceptors (Lipinski definition) is 11. The summed E-state index contributed by atoms with van der Waals surface area (Å²) in [6.45, 7) is 12.8. The van der Waals surface area contributed by atoms with Crippen LogP contribution in [0.3, 0.4) is 0 Å². The molecule has 2 aromatic carbocycles. The molecular formula is C48H58F6O11. The van der Waals surface area contributed by atoms with Crippen LogP contribution in [0.5, 0.6) is 0 Å². The lowest BCUT2D eigenvalue weighted by Crippen LogP contribution is -2.55. The molecule has 3 aliphatic rings. The molecule has 0 aromatic heterocycles. The maximum atomic E-state index is 15.0. The van der Waals surface area contributed by atoms with Crippen molar-refractivity contribution in [1.29, 1.82) is 0 Å². The van der Waals surface area contributed by atoms with Gasteiger partial charge in [-0.1, -0.05) is 99.7 Å². The van der Waals surface area contributed by atoms with Crippen molar-refractivity contribution in [3.63, 3.8) is 0 Å². The standard InChI is InChI=1S/C48H58F6O11/c1-9-17-37(55)61-27-30(5)33-23-22-28(3)38-36-26-29(4)35(64-43(58)46(60-8,48(52,53)54)32-20-15-12-16-21-32)24-25-44(6,40(62-36)39(33)38)65-41(56)34(10-2)63-42(57)45(59-7,47(49,50)51)31-18-13-11-14-19-31/h11-16,18-22,30,33-36,38-40H,4,9-10,17,23-27H2,1-3,5-8H3/t30-,33+,34+,35-,36+,38+,39+,40+,44+,45+,46+/m0/s1. The number of rotatable bonds is 16. The van der Waals surface area contributed by atoms with Gasteiger partial charge >= 0.3 is 36.2 Å². The number of halogens is 6. The number of allylic oxidation sites excluding steroid dienone is 1. The molecule has 358 valence electrons. The monoisotopic (exact) mass is 924 g/mol. The summed E-state index contributed by atoms with van der Waals surface area (Å²) in [7, 11) is 1.43. The fourth-order valence-electron chi connectivity index (χ4n) is 9.66. The normalized spacial score (nSPS) is 27.5. The van der Waals surface area contributed by atoms with Crippen molar-refractivity contribution < 1.29 is 78.7 Å². The third-order valence-electron chi connectivity index (χ3n) is 13.1. The van der Waals surface area contributed by atoms with Gasteiger partial charge in [-0.2, -0.15) is 26.3 Å². The number of fused-ring (bicyclic) bond motifs is 5. The molecule has 0 radical (unpaired) electrons. The van der Waals surface area contributed by atoms with Gasteiger partial charge in [0.25, 0.3) is 11.2 Å². The van der Waals surface area contributed by atoms with Crippen LogP contribution >= 0.6 is 0 Å². The summed E-state index contributed by atoms with van der Waals surface area (Å²) in [5.74, 6) is -6.65. The Labute approximate surface area is 375 Å². The van der Waals surface area contributed by atoms with E-state index in [9.17, 15) is 32.3 Å². The van der Waals surface area contributed by atoms with Gasteiger partial charge in [0.15, 0.2) is 6.10 Å². The fourth-order valence-corrected chi connectivity index (χ4v) is 9.66. The van der Waals surface area contributed by atoms with Crippen molar-refractivity contribution in [1.82, 2.24) is 0 Å². The molecule has 2 heterocycles. The molecule has 0 saturated carbocycles. The topological polar surface area (TPSA) is 133 Å². The van der Waals surface area contributed by atoms with Crippen LogP contribution < -0.4 is 0 Å². The maximum absolute atomic E-state index is 15.0. The van der Waals surface area contributed by atoms with E-state index in [4.69, 9.17) is 33.2 Å². The number of alkyl halides is 6. The van der Waals surface area contributed by atoms with Gasteiger partial charge in [0.2, 0.25) is 0 Å². The summed E-state index contributed by atoms with van der Waals surface area (Å²) >= 11 is 0. The summed E-state index contributed by atoms with van der Waals surface area (Å²) in [5.41, 5.74) is -8.95. The highest BCUT2D eigenvalue weighted by Crippen LogP contribution is 2.55. The molecule has 0 spiro atoms. The highest BCUT2D eigenvalue weighted by molar-refractivity contribution is 5.86. The van der Waals surface area contributed by atoms with Gasteiger partial charge in [0.1, 0.15) is 17.8 Å². The van der Waals surface area contributed by atoms with Gasteiger partial charge in [-0.3, -0.25) is 4.79 Å². The predicted octanol–water partition coefficient (Wildman–Crippen LogP) is 9.42. The molecule has 0 N–H and O–H groups in total. The van der Waals surface area contributed by atoms with Crippen molar-refractivity contribution in [2.45, 2.75) is 133 Å². The largest absolute Gasteiger partial charge is 0.465 e. The number of hydrogen-bond donors (Lipinski definition) is 0. The van der Waals surface area contributed by atoms with E-state index in [1.54, 1.807) is 0 Å². The van der Waals surface area contributed by atoms with Crippen molar-refractivity contribution in [2.75, 3.05) is 20.8 Å². The zero-order chi connectivity index (χ0) is 48.1. The van der Waals surface area contributed by atoms with E-state index < -0.39 is 94.4 Å². The number of methoxy groups -OCH3 is 2. The van der Waals surface area contributed by atoms with Crippen LogP contribution in [-0.2, 0) is 63.5 Å². The molecule has 11 atom stereocenters. The van der Waals surface area contributed by atoms with Crippen molar-refractivity contribution in [2.24, 2.45) is 23.7 Å². The van der Waals surface area contributed by atoms with Gasteiger partial charge in [-0.05, 0) is 69.8 Å². The molecule has 5 rings (SSSR count). The summed E-state index contributed by atoms with van der Waals surface area (Å²) in [6, 6.07) is 12.3. The second-order valence-electron chi connectivity index (χ2n) is 17.3. The smallest absolute Gasteiger partial charge is 0.432 e. The lowest BCUT2D eigenvalue weighted by Gasteiger charge is -2.45. The van der Waals surface area contributed by atoms with Gasteiger partial charge in [0.05, 0.1) is 12.7 Å². The number of carbonyl (C=O) groups excluding carboxylic acids is 4. The molecule has 17 heteroatoms. The highest BCUT2D eigenvalue weighted by Gasteiger charge is 2.66. The van der Waals surface area contributed by atoms with E-state index in [1.807, 2.05) is 26.8 Å². The van der Waals surface area contributed by atoms with Crippen LogP contribution in [-0.4, -0.2) is 87.1 Å². The van der Waals surface area contributed by atoms with E-state index in [0.717, 1.165) is 36.9 Å². The Morgan fingerprint density at radius 3 is 1.94 bits per heavy atom. The Hall–Kier alpha value is -4.74. The average molecular weight is 925 g/mol. The van der Waals surface area contributed by atoms with E-state index >= 15 is 13.2 Å². The van der Waals surface area contributed by atoms with E-state index in [0.29, 0.717) is 20.0 Å². The summed E-state index contributed by atoms with van der Waals surface area (Å²) < 4.78 is 129. The molecule has 2 saturated heterocycles. The molecule has 0 amide bonds. The molecule has 11 nitrogen and oxygen atoms in total. The highest BCUT2D eigenvalue weighted by atomic mass is 19.4. The molecular weight excluding hydrogens is 867 g/mol. The number of esters is 4. The van der Waals surface area contributed by atoms with Crippen LogP contribution in [0.25, 0.3) is 0 Å². The Balaban J connectivity index is 1.55. The molecule has 2 aromatic rings. The Bertz CT molecular complexity index is 2040. The molecule has 1 aliphatic carbocycles. The lowest BCUT2D eigenvalue weighted by atomic mass is 9.62. The maximum Gasteiger partial charge on any atom is 0.432 e. The minimum atomic E-state index is -5.35. The molecule has 0 unspecified atom stereocenters. The summed E-state index contributed by atoms with van der Waals surface area (Å²) in [4.78, 5) is 54.6. The fraction of sp³-hybridized carbons (Fsp3) is 0.583. The number of benzene rings is 2. The Morgan fingerprint density at radius 2 is 1.43 bits per heavy atom. The second kappa shape index (κ2) is 20.4. The minimum absolute atomic E-state index is 0.0000295. The SMILES string of the molecule is C=C1C[C@H]2O[C@H]([C@@H]3[C@@H]([C@@H](C)COC(=O)CCC)CC=C(C)[C@@H]32)[C@](C)(OC(=O)[C@@H](CC)OC(=O)[C@](OC)(c2ccccc2)C(F)(F)F)CC[C@@H]1OC(=O)[C@](OC)(c1ccccc1)C(F)(F)F. The van der Waals surface area contributed by atoms with Crippen LogP contribution in [0, 0.1) is 23.7 Å². The molecule has 2 aliphatic heterocycles. The number of carbonyl (C=O) groups is 4. The van der Waals surface area contributed by atoms with Gasteiger partial charge in [0, 0.05) is 43.6 Å². The molecule has 65 heavy (non-hydrogen) atoms. The first kappa shape index (κ1) is 51.2. The Morgan fingerprint density at radius 1 is 0.877 bits per heavy atom. The zero-order valence-electron chi connectivity index (χ0n) is 37.6. The van der Waals surface area contributed by atoms with Gasteiger partial charge in [-0.15, -0.1) is 0 Å². The quantitative estimate of drug-likeness (QED) is 0.0691. The van der Waals surface area contributed by atoms with Crippen LogP contribution in [0.15, 0.2) is 84.5 Å². The first-order chi connectivity index (χ1) is 30.6. The van der Waals surface area contributed by atoms with E-state index in [1.165, 1.54) is 50.2 Å². The second-order valence-corrected chi connectivity index (χ2v) is 17.3. The van der Waals surface area contributed by atoms with Crippen LogP contribution in [0.1, 0.15) is 90.7 Å². The average Bonchev–Trinajstić information content (AvgIpc) is 3.65. The first-order valence-electron chi connectivity index (χ1n) is 21.7. The third-order valence-corrected chi connectivity index (χ3v) is 13.1. The van der Waals surface area contributed by atoms with E-state index in [2.05, 4.69) is 6.58 Å². The van der Waals surface area contributed by atoms with Crippen molar-refractivity contribution in [3.05, 3.63) is 95.6 Å². The van der Waals surface area contributed by atoms with Gasteiger partial charge < -0.3 is 33.2 Å². The Kier molecular flexibility index (Phi) is 16.1. The molecule has 2 fully saturated rings. The summed E-state index contributed by atoms with van der Waals surface area (Å²) in [5, 5.41) is 0. The van der Waals surface area contributed by atoms with Crippen LogP contribution in [0.4, 0.5) is 26.3 Å². The predicted molar refractivity (Wildman–Crippen MR) is 222 cm³/mol. The van der Waals surface area contributed by atoms with Crippen molar-refractivity contribution >= 4 is 23.9 Å².